The predicted octanol–water partition coefficient (Wildman–Crippen LogP) is 3.10. The molecule has 0 aliphatic carbocycles. The fourth-order valence-corrected chi connectivity index (χ4v) is 2.58. The summed E-state index contributed by atoms with van der Waals surface area (Å²) < 4.78 is 5.20. The Bertz CT molecular complexity index is 449. The van der Waals surface area contributed by atoms with Gasteiger partial charge in [0.25, 0.3) is 0 Å². The van der Waals surface area contributed by atoms with Crippen molar-refractivity contribution in [3.05, 3.63) is 23.2 Å². The number of hydrogen-bond acceptors (Lipinski definition) is 3. The molecule has 0 aromatic heterocycles. The summed E-state index contributed by atoms with van der Waals surface area (Å²) in [4.78, 5) is 11.9. The van der Waals surface area contributed by atoms with Crippen LogP contribution >= 0.6 is 24.0 Å². The van der Waals surface area contributed by atoms with Crippen LogP contribution in [0.5, 0.6) is 5.75 Å². The van der Waals surface area contributed by atoms with Crippen LogP contribution in [0.3, 0.4) is 0 Å². The van der Waals surface area contributed by atoms with Crippen LogP contribution in [0.2, 0.25) is 5.02 Å². The van der Waals surface area contributed by atoms with Gasteiger partial charge in [0.05, 0.1) is 17.8 Å². The Morgan fingerprint density at radius 1 is 1.55 bits per heavy atom. The van der Waals surface area contributed by atoms with Crippen molar-refractivity contribution in [2.45, 2.75) is 19.3 Å². The van der Waals surface area contributed by atoms with Gasteiger partial charge in [-0.25, -0.2) is 0 Å². The van der Waals surface area contributed by atoms with E-state index in [0.29, 0.717) is 28.8 Å². The molecule has 6 heteroatoms. The maximum atomic E-state index is 11.9. The van der Waals surface area contributed by atoms with E-state index >= 15 is 0 Å². The monoisotopic (exact) mass is 318 g/mol. The van der Waals surface area contributed by atoms with E-state index in [1.807, 2.05) is 0 Å². The first kappa shape index (κ1) is 17.1. The minimum absolute atomic E-state index is 0. The highest BCUT2D eigenvalue weighted by Crippen LogP contribution is 2.32. The molecule has 1 aliphatic heterocycles. The number of rotatable bonds is 5. The summed E-state index contributed by atoms with van der Waals surface area (Å²) in [6.07, 6.45) is 2.61. The Balaban J connectivity index is 0.00000200. The second-order valence-corrected chi connectivity index (χ2v) is 5.17. The molecule has 0 bridgehead atoms. The molecule has 2 N–H and O–H groups in total. The molecule has 0 saturated carbocycles. The number of hydrogen-bond donors (Lipinski definition) is 2. The smallest absolute Gasteiger partial charge is 0.224 e. The summed E-state index contributed by atoms with van der Waals surface area (Å²) in [6, 6.07) is 5.32. The number of methoxy groups -OCH3 is 1. The maximum absolute atomic E-state index is 11.9. The van der Waals surface area contributed by atoms with E-state index < -0.39 is 0 Å². The molecule has 1 unspecified atom stereocenters. The average molecular weight is 319 g/mol. The molecule has 0 spiro atoms. The summed E-state index contributed by atoms with van der Waals surface area (Å²) >= 11 is 6.01. The van der Waals surface area contributed by atoms with E-state index in [0.717, 1.165) is 25.9 Å². The van der Waals surface area contributed by atoms with E-state index in [-0.39, 0.29) is 18.3 Å². The summed E-state index contributed by atoms with van der Waals surface area (Å²) in [7, 11) is 1.54. The zero-order valence-electron chi connectivity index (χ0n) is 11.4. The number of benzene rings is 1. The molecule has 2 rings (SSSR count). The van der Waals surface area contributed by atoms with Gasteiger partial charge < -0.3 is 15.4 Å². The lowest BCUT2D eigenvalue weighted by atomic mass is 10.0. The summed E-state index contributed by atoms with van der Waals surface area (Å²) in [5, 5.41) is 6.66. The third-order valence-corrected chi connectivity index (χ3v) is 3.68. The molecule has 1 atom stereocenters. The number of carbonyl (C=O) groups is 1. The molecule has 1 aromatic carbocycles. The van der Waals surface area contributed by atoms with Crippen molar-refractivity contribution in [1.29, 1.82) is 0 Å². The molecule has 1 amide bonds. The molecule has 0 radical (unpaired) electrons. The molecular weight excluding hydrogens is 299 g/mol. The van der Waals surface area contributed by atoms with Crippen molar-refractivity contribution in [1.82, 2.24) is 5.32 Å². The van der Waals surface area contributed by atoms with Crippen molar-refractivity contribution >= 4 is 35.6 Å². The van der Waals surface area contributed by atoms with Crippen LogP contribution in [-0.4, -0.2) is 26.1 Å². The fourth-order valence-electron chi connectivity index (χ4n) is 2.32. The molecule has 1 aliphatic rings. The van der Waals surface area contributed by atoms with Crippen molar-refractivity contribution in [3.63, 3.8) is 0 Å². The molecular formula is C14H20Cl2N2O2. The van der Waals surface area contributed by atoms with Gasteiger partial charge in [0.1, 0.15) is 0 Å². The summed E-state index contributed by atoms with van der Waals surface area (Å²) in [6.45, 7) is 2.09. The van der Waals surface area contributed by atoms with E-state index in [1.165, 1.54) is 0 Å². The zero-order chi connectivity index (χ0) is 13.7. The second kappa shape index (κ2) is 8.35. The van der Waals surface area contributed by atoms with Gasteiger partial charge in [0.15, 0.2) is 5.75 Å². The highest BCUT2D eigenvalue weighted by molar-refractivity contribution is 6.32. The van der Waals surface area contributed by atoms with Crippen LogP contribution in [0.15, 0.2) is 18.2 Å². The predicted molar refractivity (Wildman–Crippen MR) is 84.1 cm³/mol. The summed E-state index contributed by atoms with van der Waals surface area (Å²) in [5.41, 5.74) is 0.629. The van der Waals surface area contributed by atoms with Crippen LogP contribution in [0, 0.1) is 5.92 Å². The number of ether oxygens (including phenoxy) is 1. The lowest BCUT2D eigenvalue weighted by molar-refractivity contribution is -0.116. The van der Waals surface area contributed by atoms with Crippen LogP contribution in [0.25, 0.3) is 0 Å². The van der Waals surface area contributed by atoms with Gasteiger partial charge in [-0.15, -0.1) is 12.4 Å². The van der Waals surface area contributed by atoms with Gasteiger partial charge in [0, 0.05) is 6.42 Å². The molecule has 1 aromatic rings. The molecule has 1 saturated heterocycles. The standard InChI is InChI=1S/C14H19ClN2O2.ClH/c1-19-14-11(15)3-2-4-12(14)17-13(18)6-5-10-7-8-16-9-10;/h2-4,10,16H,5-9H2,1H3,(H,17,18);1H. The normalized spacial score (nSPS) is 17.4. The van der Waals surface area contributed by atoms with Crippen LogP contribution in [-0.2, 0) is 4.79 Å². The minimum atomic E-state index is 0. The third-order valence-electron chi connectivity index (χ3n) is 3.39. The Hall–Kier alpha value is -0.970. The lowest BCUT2D eigenvalue weighted by Gasteiger charge is -2.12. The number of para-hydroxylation sites is 1. The quantitative estimate of drug-likeness (QED) is 0.877. The van der Waals surface area contributed by atoms with Crippen molar-refractivity contribution in [3.8, 4) is 5.75 Å². The van der Waals surface area contributed by atoms with Crippen molar-refractivity contribution < 1.29 is 9.53 Å². The third kappa shape index (κ3) is 4.54. The van der Waals surface area contributed by atoms with Crippen LogP contribution in [0.4, 0.5) is 5.69 Å². The molecule has 20 heavy (non-hydrogen) atoms. The highest BCUT2D eigenvalue weighted by atomic mass is 35.5. The molecule has 1 heterocycles. The van der Waals surface area contributed by atoms with Gasteiger partial charge in [-0.2, -0.15) is 0 Å². The Morgan fingerprint density at radius 3 is 3.00 bits per heavy atom. The molecule has 1 fully saturated rings. The zero-order valence-corrected chi connectivity index (χ0v) is 13.0. The van der Waals surface area contributed by atoms with Crippen molar-refractivity contribution in [2.24, 2.45) is 5.92 Å². The Kier molecular flexibility index (Phi) is 7.13. The average Bonchev–Trinajstić information content (AvgIpc) is 2.90. The lowest BCUT2D eigenvalue weighted by Crippen LogP contribution is -2.15. The largest absolute Gasteiger partial charge is 0.493 e. The topological polar surface area (TPSA) is 50.4 Å². The van der Waals surface area contributed by atoms with Gasteiger partial charge in [0.2, 0.25) is 5.91 Å². The first-order valence-corrected chi connectivity index (χ1v) is 6.91. The Labute approximate surface area is 130 Å². The first-order valence-electron chi connectivity index (χ1n) is 6.53. The number of nitrogens with one attached hydrogen (secondary N) is 2. The van der Waals surface area contributed by atoms with E-state index in [4.69, 9.17) is 16.3 Å². The Morgan fingerprint density at radius 2 is 2.35 bits per heavy atom. The molecule has 112 valence electrons. The van der Waals surface area contributed by atoms with Crippen LogP contribution < -0.4 is 15.4 Å². The fraction of sp³-hybridized carbons (Fsp3) is 0.500. The number of anilines is 1. The van der Waals surface area contributed by atoms with E-state index in [1.54, 1.807) is 25.3 Å². The van der Waals surface area contributed by atoms with Gasteiger partial charge in [-0.05, 0) is 44.0 Å². The van der Waals surface area contributed by atoms with Gasteiger partial charge >= 0.3 is 0 Å². The minimum Gasteiger partial charge on any atom is -0.493 e. The maximum Gasteiger partial charge on any atom is 0.224 e. The number of amides is 1. The first-order chi connectivity index (χ1) is 9.20. The summed E-state index contributed by atoms with van der Waals surface area (Å²) in [5.74, 6) is 1.14. The van der Waals surface area contributed by atoms with Crippen molar-refractivity contribution in [2.75, 3.05) is 25.5 Å². The highest BCUT2D eigenvalue weighted by Gasteiger charge is 2.16. The molecule has 4 nitrogen and oxygen atoms in total. The number of carbonyl (C=O) groups excluding carboxylic acids is 1. The van der Waals surface area contributed by atoms with Gasteiger partial charge in [-0.3, -0.25) is 4.79 Å². The van der Waals surface area contributed by atoms with E-state index in [2.05, 4.69) is 10.6 Å². The van der Waals surface area contributed by atoms with Gasteiger partial charge in [-0.1, -0.05) is 17.7 Å². The SMILES string of the molecule is COc1c(Cl)cccc1NC(=O)CCC1CCNC1.Cl. The van der Waals surface area contributed by atoms with Crippen LogP contribution in [0.1, 0.15) is 19.3 Å². The second-order valence-electron chi connectivity index (χ2n) is 4.77. The number of halogens is 2. The van der Waals surface area contributed by atoms with E-state index in [9.17, 15) is 4.79 Å².